The third-order valence-electron chi connectivity index (χ3n) is 3.65. The van der Waals surface area contributed by atoms with Crippen LogP contribution in [-0.2, 0) is 0 Å². The summed E-state index contributed by atoms with van der Waals surface area (Å²) in [5, 5.41) is 2.74. The zero-order valence-electron chi connectivity index (χ0n) is 10.7. The first-order valence-electron chi connectivity index (χ1n) is 6.47. The molecule has 2 atom stereocenters. The van der Waals surface area contributed by atoms with Gasteiger partial charge < -0.3 is 5.32 Å². The summed E-state index contributed by atoms with van der Waals surface area (Å²) in [5.74, 6) is -1.88. The molecule has 0 aliphatic heterocycles. The van der Waals surface area contributed by atoms with E-state index in [4.69, 9.17) is 0 Å². The van der Waals surface area contributed by atoms with Crippen molar-refractivity contribution in [3.8, 4) is 0 Å². The van der Waals surface area contributed by atoms with Gasteiger partial charge in [-0.1, -0.05) is 18.9 Å². The van der Waals surface area contributed by atoms with Crippen LogP contribution in [0.15, 0.2) is 18.2 Å². The highest BCUT2D eigenvalue weighted by molar-refractivity contribution is 5.47. The van der Waals surface area contributed by atoms with Gasteiger partial charge in [-0.2, -0.15) is 13.2 Å². The monoisotopic (exact) mass is 275 g/mol. The largest absolute Gasteiger partial charge is 0.393 e. The van der Waals surface area contributed by atoms with E-state index in [0.29, 0.717) is 12.8 Å². The minimum atomic E-state index is -4.22. The molecule has 1 aromatic rings. The van der Waals surface area contributed by atoms with E-state index in [2.05, 4.69) is 5.32 Å². The third kappa shape index (κ3) is 3.39. The highest BCUT2D eigenvalue weighted by Crippen LogP contribution is 2.39. The summed E-state index contributed by atoms with van der Waals surface area (Å²) in [6.45, 7) is 1.74. The summed E-state index contributed by atoms with van der Waals surface area (Å²) in [6.07, 6.45) is -2.35. The standard InChI is InChI=1S/C14H17F4N/c1-9-6-7-13(11(15)8-9)19-12-5-3-2-4-10(12)14(16,17)18/h6-8,10,12,19H,2-5H2,1H3. The van der Waals surface area contributed by atoms with E-state index < -0.39 is 24.0 Å². The van der Waals surface area contributed by atoms with Crippen LogP contribution in [-0.4, -0.2) is 12.2 Å². The van der Waals surface area contributed by atoms with E-state index in [1.807, 2.05) is 0 Å². The van der Waals surface area contributed by atoms with E-state index in [1.165, 1.54) is 12.1 Å². The van der Waals surface area contributed by atoms with Gasteiger partial charge in [0.25, 0.3) is 0 Å². The molecule has 1 aromatic carbocycles. The lowest BCUT2D eigenvalue weighted by Gasteiger charge is -2.34. The van der Waals surface area contributed by atoms with Crippen LogP contribution in [0, 0.1) is 18.7 Å². The van der Waals surface area contributed by atoms with Gasteiger partial charge in [0.2, 0.25) is 0 Å². The molecule has 1 N–H and O–H groups in total. The molecule has 0 heterocycles. The molecular formula is C14H17F4N. The zero-order chi connectivity index (χ0) is 14.0. The lowest BCUT2D eigenvalue weighted by molar-refractivity contribution is -0.184. The van der Waals surface area contributed by atoms with Crippen LogP contribution < -0.4 is 5.32 Å². The lowest BCUT2D eigenvalue weighted by Crippen LogP contribution is -2.41. The molecule has 5 heteroatoms. The van der Waals surface area contributed by atoms with Crippen LogP contribution in [0.5, 0.6) is 0 Å². The highest BCUT2D eigenvalue weighted by Gasteiger charge is 2.45. The number of hydrogen-bond acceptors (Lipinski definition) is 1. The summed E-state index contributed by atoms with van der Waals surface area (Å²) in [7, 11) is 0. The Kier molecular flexibility index (Phi) is 4.02. The molecule has 1 nitrogen and oxygen atoms in total. The van der Waals surface area contributed by atoms with Crippen molar-refractivity contribution in [1.29, 1.82) is 0 Å². The van der Waals surface area contributed by atoms with Crippen molar-refractivity contribution < 1.29 is 17.6 Å². The Morgan fingerprint density at radius 2 is 1.84 bits per heavy atom. The third-order valence-corrected chi connectivity index (χ3v) is 3.65. The molecule has 19 heavy (non-hydrogen) atoms. The van der Waals surface area contributed by atoms with Crippen molar-refractivity contribution in [2.75, 3.05) is 5.32 Å². The Bertz CT molecular complexity index is 442. The summed E-state index contributed by atoms with van der Waals surface area (Å²) in [5.41, 5.74) is 0.908. The molecule has 0 radical (unpaired) electrons. The molecule has 0 bridgehead atoms. The van der Waals surface area contributed by atoms with Crippen molar-refractivity contribution in [1.82, 2.24) is 0 Å². The van der Waals surface area contributed by atoms with Gasteiger partial charge in [-0.25, -0.2) is 4.39 Å². The summed E-state index contributed by atoms with van der Waals surface area (Å²) in [6, 6.07) is 3.79. The lowest BCUT2D eigenvalue weighted by atomic mass is 9.84. The second kappa shape index (κ2) is 5.39. The average molecular weight is 275 g/mol. The molecule has 1 fully saturated rings. The summed E-state index contributed by atoms with van der Waals surface area (Å²) >= 11 is 0. The van der Waals surface area contributed by atoms with Crippen LogP contribution in [0.25, 0.3) is 0 Å². The fourth-order valence-electron chi connectivity index (χ4n) is 2.63. The van der Waals surface area contributed by atoms with E-state index in [0.717, 1.165) is 12.0 Å². The Labute approximate surface area is 110 Å². The van der Waals surface area contributed by atoms with E-state index >= 15 is 0 Å². The maximum Gasteiger partial charge on any atom is 0.393 e. The number of benzene rings is 1. The molecule has 0 spiro atoms. The van der Waals surface area contributed by atoms with Crippen molar-refractivity contribution >= 4 is 5.69 Å². The first-order chi connectivity index (χ1) is 8.88. The van der Waals surface area contributed by atoms with Crippen LogP contribution in [0.1, 0.15) is 31.2 Å². The van der Waals surface area contributed by atoms with Gasteiger partial charge in [-0.3, -0.25) is 0 Å². The van der Waals surface area contributed by atoms with Crippen molar-refractivity contribution in [2.24, 2.45) is 5.92 Å². The number of anilines is 1. The molecule has 1 aliphatic carbocycles. The van der Waals surface area contributed by atoms with Crippen LogP contribution in [0.3, 0.4) is 0 Å². The second-order valence-electron chi connectivity index (χ2n) is 5.17. The van der Waals surface area contributed by atoms with E-state index in [1.54, 1.807) is 13.0 Å². The van der Waals surface area contributed by atoms with Crippen molar-refractivity contribution in [3.63, 3.8) is 0 Å². The van der Waals surface area contributed by atoms with Crippen LogP contribution in [0.2, 0.25) is 0 Å². The Morgan fingerprint density at radius 3 is 2.47 bits per heavy atom. The fraction of sp³-hybridized carbons (Fsp3) is 0.571. The SMILES string of the molecule is Cc1ccc(NC2CCCCC2C(F)(F)F)c(F)c1. The molecule has 0 aromatic heterocycles. The molecule has 106 valence electrons. The number of alkyl halides is 3. The number of nitrogens with one attached hydrogen (secondary N) is 1. The van der Waals surface area contributed by atoms with E-state index in [9.17, 15) is 17.6 Å². The number of rotatable bonds is 2. The molecular weight excluding hydrogens is 258 g/mol. The summed E-state index contributed by atoms with van der Waals surface area (Å²) < 4.78 is 52.5. The van der Waals surface area contributed by atoms with Crippen LogP contribution >= 0.6 is 0 Å². The fourth-order valence-corrected chi connectivity index (χ4v) is 2.63. The molecule has 2 rings (SSSR count). The number of halogens is 4. The highest BCUT2D eigenvalue weighted by atomic mass is 19.4. The maximum atomic E-state index is 13.7. The smallest absolute Gasteiger partial charge is 0.379 e. The summed E-state index contributed by atoms with van der Waals surface area (Å²) in [4.78, 5) is 0. The van der Waals surface area contributed by atoms with Gasteiger partial charge in [0, 0.05) is 6.04 Å². The van der Waals surface area contributed by atoms with Gasteiger partial charge in [0.15, 0.2) is 0 Å². The van der Waals surface area contributed by atoms with Crippen LogP contribution in [0.4, 0.5) is 23.2 Å². The Hall–Kier alpha value is -1.26. The van der Waals surface area contributed by atoms with Crippen molar-refractivity contribution in [3.05, 3.63) is 29.6 Å². The Morgan fingerprint density at radius 1 is 1.16 bits per heavy atom. The molecule has 0 saturated heterocycles. The second-order valence-corrected chi connectivity index (χ2v) is 5.17. The molecule has 1 saturated carbocycles. The van der Waals surface area contributed by atoms with Gasteiger partial charge >= 0.3 is 6.18 Å². The predicted molar refractivity (Wildman–Crippen MR) is 66.6 cm³/mol. The quantitative estimate of drug-likeness (QED) is 0.773. The van der Waals surface area contributed by atoms with Gasteiger partial charge in [-0.05, 0) is 37.5 Å². The normalized spacial score (nSPS) is 24.3. The topological polar surface area (TPSA) is 12.0 Å². The molecule has 0 amide bonds. The van der Waals surface area contributed by atoms with Gasteiger partial charge in [-0.15, -0.1) is 0 Å². The minimum absolute atomic E-state index is 0.120. The zero-order valence-corrected chi connectivity index (χ0v) is 10.7. The Balaban J connectivity index is 2.15. The minimum Gasteiger partial charge on any atom is -0.379 e. The van der Waals surface area contributed by atoms with Gasteiger partial charge in [0.1, 0.15) is 5.82 Å². The first kappa shape index (κ1) is 14.2. The van der Waals surface area contributed by atoms with Gasteiger partial charge in [0.05, 0.1) is 11.6 Å². The number of hydrogen-bond donors (Lipinski definition) is 1. The number of aryl methyl sites for hydroxylation is 1. The van der Waals surface area contributed by atoms with Crippen molar-refractivity contribution in [2.45, 2.75) is 44.8 Å². The van der Waals surface area contributed by atoms with E-state index in [-0.39, 0.29) is 12.1 Å². The predicted octanol–water partition coefficient (Wildman–Crippen LogP) is 4.67. The molecule has 1 aliphatic rings. The maximum absolute atomic E-state index is 13.7. The molecule has 2 unspecified atom stereocenters. The first-order valence-corrected chi connectivity index (χ1v) is 6.47. The average Bonchev–Trinajstić information content (AvgIpc) is 2.32.